The molecule has 0 heterocycles. The molecule has 0 bridgehead atoms. The number of carbonyl (C=O) groups excluding carboxylic acids is 1. The molecule has 1 fully saturated rings. The fraction of sp³-hybridized carbons (Fsp3) is 0.385. The second-order valence-electron chi connectivity index (χ2n) is 4.69. The van der Waals surface area contributed by atoms with Crippen molar-refractivity contribution in [2.75, 3.05) is 5.32 Å². The van der Waals surface area contributed by atoms with Gasteiger partial charge in [0.15, 0.2) is 0 Å². The average molecular weight is 283 g/mol. The van der Waals surface area contributed by atoms with Gasteiger partial charge < -0.3 is 16.2 Å². The number of nitrogens with two attached hydrogens (primary N) is 1. The van der Waals surface area contributed by atoms with E-state index in [0.717, 1.165) is 19.3 Å². The molecule has 1 aliphatic rings. The van der Waals surface area contributed by atoms with Gasteiger partial charge in [0.2, 0.25) is 5.91 Å². The van der Waals surface area contributed by atoms with Gasteiger partial charge in [-0.25, -0.2) is 4.79 Å². The van der Waals surface area contributed by atoms with Crippen LogP contribution in [0.15, 0.2) is 18.2 Å². The van der Waals surface area contributed by atoms with Gasteiger partial charge in [0.1, 0.15) is 0 Å². The van der Waals surface area contributed by atoms with Gasteiger partial charge in [-0.2, -0.15) is 0 Å². The van der Waals surface area contributed by atoms with Gasteiger partial charge in [0.05, 0.1) is 16.5 Å². The molecule has 0 saturated heterocycles. The SMILES string of the molecule is NC1CCCC1C(=O)Nc1ccc(Cl)c(C(=O)O)c1. The van der Waals surface area contributed by atoms with Gasteiger partial charge in [0, 0.05) is 11.7 Å². The van der Waals surface area contributed by atoms with Gasteiger partial charge in [-0.1, -0.05) is 18.0 Å². The van der Waals surface area contributed by atoms with Gasteiger partial charge >= 0.3 is 5.97 Å². The van der Waals surface area contributed by atoms with Crippen molar-refractivity contribution in [2.24, 2.45) is 11.7 Å². The molecule has 0 radical (unpaired) electrons. The molecule has 0 aromatic heterocycles. The number of rotatable bonds is 3. The minimum absolute atomic E-state index is 0.0322. The number of carboxylic acids is 1. The van der Waals surface area contributed by atoms with Gasteiger partial charge in [-0.15, -0.1) is 0 Å². The molecule has 6 heteroatoms. The van der Waals surface area contributed by atoms with Gasteiger partial charge in [-0.3, -0.25) is 4.79 Å². The lowest BCUT2D eigenvalue weighted by Gasteiger charge is -2.15. The van der Waals surface area contributed by atoms with Crippen molar-refractivity contribution in [3.05, 3.63) is 28.8 Å². The number of hydrogen-bond donors (Lipinski definition) is 3. The number of halogens is 1. The van der Waals surface area contributed by atoms with Crippen molar-refractivity contribution in [3.8, 4) is 0 Å². The number of anilines is 1. The van der Waals surface area contributed by atoms with Crippen LogP contribution in [0.3, 0.4) is 0 Å². The van der Waals surface area contributed by atoms with Crippen LogP contribution >= 0.6 is 11.6 Å². The van der Waals surface area contributed by atoms with E-state index < -0.39 is 5.97 Å². The molecule has 102 valence electrons. The summed E-state index contributed by atoms with van der Waals surface area (Å²) in [6.45, 7) is 0. The van der Waals surface area contributed by atoms with Gasteiger partial charge in [0.25, 0.3) is 0 Å². The Labute approximate surface area is 115 Å². The maximum atomic E-state index is 12.0. The highest BCUT2D eigenvalue weighted by Crippen LogP contribution is 2.26. The molecule has 0 spiro atoms. The summed E-state index contributed by atoms with van der Waals surface area (Å²) in [6.07, 6.45) is 2.56. The number of benzene rings is 1. The molecule has 1 aliphatic carbocycles. The summed E-state index contributed by atoms with van der Waals surface area (Å²) in [7, 11) is 0. The lowest BCUT2D eigenvalue weighted by Crippen LogP contribution is -2.34. The monoisotopic (exact) mass is 282 g/mol. The van der Waals surface area contributed by atoms with Crippen LogP contribution in [0.5, 0.6) is 0 Å². The summed E-state index contributed by atoms with van der Waals surface area (Å²) in [5, 5.41) is 11.8. The normalized spacial score (nSPS) is 22.2. The van der Waals surface area contributed by atoms with E-state index in [0.29, 0.717) is 5.69 Å². The summed E-state index contributed by atoms with van der Waals surface area (Å²) in [5.41, 5.74) is 6.25. The summed E-state index contributed by atoms with van der Waals surface area (Å²) in [5.74, 6) is -1.49. The van der Waals surface area contributed by atoms with Crippen LogP contribution in [0.25, 0.3) is 0 Å². The molecule has 1 saturated carbocycles. The first kappa shape index (κ1) is 13.8. The molecule has 19 heavy (non-hydrogen) atoms. The Morgan fingerprint density at radius 3 is 2.68 bits per heavy atom. The Balaban J connectivity index is 2.13. The zero-order valence-corrected chi connectivity index (χ0v) is 11.0. The van der Waals surface area contributed by atoms with E-state index in [1.54, 1.807) is 6.07 Å². The largest absolute Gasteiger partial charge is 0.478 e. The molecule has 2 atom stereocenters. The first-order valence-corrected chi connectivity index (χ1v) is 6.46. The Morgan fingerprint density at radius 1 is 1.37 bits per heavy atom. The smallest absolute Gasteiger partial charge is 0.337 e. The van der Waals surface area contributed by atoms with Crippen molar-refractivity contribution in [3.63, 3.8) is 0 Å². The fourth-order valence-corrected chi connectivity index (χ4v) is 2.51. The van der Waals surface area contributed by atoms with Crippen LogP contribution in [0, 0.1) is 5.92 Å². The van der Waals surface area contributed by atoms with Crippen LogP contribution in [-0.2, 0) is 4.79 Å². The fourth-order valence-electron chi connectivity index (χ4n) is 2.32. The average Bonchev–Trinajstić information content (AvgIpc) is 2.77. The van der Waals surface area contributed by atoms with E-state index in [4.69, 9.17) is 22.4 Å². The number of hydrogen-bond acceptors (Lipinski definition) is 3. The van der Waals surface area contributed by atoms with Crippen LogP contribution in [-0.4, -0.2) is 23.0 Å². The Hall–Kier alpha value is -1.59. The lowest BCUT2D eigenvalue weighted by atomic mass is 10.0. The molecule has 1 amide bonds. The number of amides is 1. The molecule has 2 unspecified atom stereocenters. The topological polar surface area (TPSA) is 92.4 Å². The van der Waals surface area contributed by atoms with E-state index in [1.807, 2.05) is 0 Å². The van der Waals surface area contributed by atoms with E-state index in [9.17, 15) is 9.59 Å². The third-order valence-electron chi connectivity index (χ3n) is 3.37. The summed E-state index contributed by atoms with van der Waals surface area (Å²) < 4.78 is 0. The Bertz CT molecular complexity index is 519. The minimum Gasteiger partial charge on any atom is -0.478 e. The third-order valence-corrected chi connectivity index (χ3v) is 3.70. The summed E-state index contributed by atoms with van der Waals surface area (Å²) >= 11 is 5.76. The molecule has 1 aromatic carbocycles. The number of aromatic carboxylic acids is 1. The highest BCUT2D eigenvalue weighted by molar-refractivity contribution is 6.33. The molecule has 4 N–H and O–H groups in total. The predicted molar refractivity (Wildman–Crippen MR) is 72.4 cm³/mol. The highest BCUT2D eigenvalue weighted by Gasteiger charge is 2.30. The van der Waals surface area contributed by atoms with E-state index in [-0.39, 0.29) is 28.5 Å². The first-order valence-electron chi connectivity index (χ1n) is 6.08. The number of carboxylic acid groups (broad SMARTS) is 1. The standard InChI is InChI=1S/C13H15ClN2O3/c14-10-5-4-7(6-9(10)13(18)19)16-12(17)8-2-1-3-11(8)15/h4-6,8,11H,1-3,15H2,(H,16,17)(H,18,19). The molecular formula is C13H15ClN2O3. The van der Waals surface area contributed by atoms with E-state index in [2.05, 4.69) is 5.32 Å². The molecule has 5 nitrogen and oxygen atoms in total. The summed E-state index contributed by atoms with van der Waals surface area (Å²) in [6, 6.07) is 4.26. The number of nitrogens with one attached hydrogen (secondary N) is 1. The Morgan fingerprint density at radius 2 is 2.11 bits per heavy atom. The van der Waals surface area contributed by atoms with Crippen molar-refractivity contribution >= 4 is 29.2 Å². The van der Waals surface area contributed by atoms with Crippen molar-refractivity contribution < 1.29 is 14.7 Å². The van der Waals surface area contributed by atoms with Crippen LogP contribution < -0.4 is 11.1 Å². The molecule has 0 aliphatic heterocycles. The van der Waals surface area contributed by atoms with Crippen LogP contribution in [0.2, 0.25) is 5.02 Å². The van der Waals surface area contributed by atoms with Crippen molar-refractivity contribution in [1.82, 2.24) is 0 Å². The quantitative estimate of drug-likeness (QED) is 0.791. The Kier molecular flexibility index (Phi) is 4.07. The maximum Gasteiger partial charge on any atom is 0.337 e. The van der Waals surface area contributed by atoms with Crippen LogP contribution in [0.1, 0.15) is 29.6 Å². The van der Waals surface area contributed by atoms with E-state index in [1.165, 1.54) is 12.1 Å². The van der Waals surface area contributed by atoms with Gasteiger partial charge in [-0.05, 0) is 31.0 Å². The zero-order chi connectivity index (χ0) is 14.0. The minimum atomic E-state index is -1.13. The molecule has 2 rings (SSSR count). The molecular weight excluding hydrogens is 268 g/mol. The van der Waals surface area contributed by atoms with Crippen LogP contribution in [0.4, 0.5) is 5.69 Å². The molecule has 1 aromatic rings. The second kappa shape index (κ2) is 5.59. The third kappa shape index (κ3) is 3.05. The number of carbonyl (C=O) groups is 2. The lowest BCUT2D eigenvalue weighted by molar-refractivity contribution is -0.120. The predicted octanol–water partition coefficient (Wildman–Crippen LogP) is 2.10. The zero-order valence-electron chi connectivity index (χ0n) is 10.2. The van der Waals surface area contributed by atoms with E-state index >= 15 is 0 Å². The van der Waals surface area contributed by atoms with Crippen molar-refractivity contribution in [1.29, 1.82) is 0 Å². The highest BCUT2D eigenvalue weighted by atomic mass is 35.5. The maximum absolute atomic E-state index is 12.0. The second-order valence-corrected chi connectivity index (χ2v) is 5.10. The van der Waals surface area contributed by atoms with Crippen molar-refractivity contribution in [2.45, 2.75) is 25.3 Å². The summed E-state index contributed by atoms with van der Waals surface area (Å²) in [4.78, 5) is 23.0. The first-order chi connectivity index (χ1) is 8.99.